The molecule has 5 nitrogen and oxygen atoms in total. The van der Waals surface area contributed by atoms with Gasteiger partial charge in [0.25, 0.3) is 5.91 Å². The molecule has 0 radical (unpaired) electrons. The predicted molar refractivity (Wildman–Crippen MR) is 102 cm³/mol. The maximum Gasteiger partial charge on any atom is 0.264 e. The summed E-state index contributed by atoms with van der Waals surface area (Å²) in [5.41, 5.74) is 1.24. The number of benzene rings is 2. The monoisotopic (exact) mass is 381 g/mol. The minimum Gasteiger partial charge on any atom is -0.354 e. The lowest BCUT2D eigenvalue weighted by atomic mass is 10.1. The third kappa shape index (κ3) is 3.86. The van der Waals surface area contributed by atoms with Crippen LogP contribution < -0.4 is 10.2 Å². The zero-order valence-electron chi connectivity index (χ0n) is 14.5. The van der Waals surface area contributed by atoms with Gasteiger partial charge in [-0.25, -0.2) is 4.39 Å². The Bertz CT molecular complexity index is 936. The number of anilines is 1. The topological polar surface area (TPSA) is 73.2 Å². The van der Waals surface area contributed by atoms with Gasteiger partial charge in [-0.3, -0.25) is 14.5 Å². The van der Waals surface area contributed by atoms with Gasteiger partial charge in [-0.15, -0.1) is 0 Å². The van der Waals surface area contributed by atoms with Crippen molar-refractivity contribution in [2.45, 2.75) is 11.7 Å². The molecule has 27 heavy (non-hydrogen) atoms. The van der Waals surface area contributed by atoms with Crippen LogP contribution in [0, 0.1) is 17.1 Å². The van der Waals surface area contributed by atoms with Gasteiger partial charge in [0.15, 0.2) is 0 Å². The highest BCUT2D eigenvalue weighted by atomic mass is 32.2. The molecule has 0 bridgehead atoms. The summed E-state index contributed by atoms with van der Waals surface area (Å²) in [6, 6.07) is 16.8. The first-order chi connectivity index (χ1) is 13.0. The molecule has 7 heteroatoms. The van der Waals surface area contributed by atoms with Crippen LogP contribution in [0.15, 0.2) is 65.2 Å². The molecule has 0 aromatic heterocycles. The number of carbonyl (C=O) groups excluding carboxylic acids is 2. The molecular formula is C20H16FN3O2S. The van der Waals surface area contributed by atoms with E-state index < -0.39 is 17.0 Å². The van der Waals surface area contributed by atoms with Crippen molar-refractivity contribution in [3.05, 3.63) is 76.6 Å². The number of nitriles is 1. The normalized spacial score (nSPS) is 18.2. The molecule has 3 rings (SSSR count). The highest BCUT2D eigenvalue weighted by Gasteiger charge is 2.40. The Balaban J connectivity index is 2.04. The van der Waals surface area contributed by atoms with Crippen LogP contribution in [0.25, 0.3) is 0 Å². The smallest absolute Gasteiger partial charge is 0.264 e. The summed E-state index contributed by atoms with van der Waals surface area (Å²) in [6.07, 6.45) is 0.456. The van der Waals surface area contributed by atoms with Crippen LogP contribution in [0.3, 0.4) is 0 Å². The Morgan fingerprint density at radius 3 is 2.48 bits per heavy atom. The van der Waals surface area contributed by atoms with Gasteiger partial charge in [0.1, 0.15) is 22.5 Å². The largest absolute Gasteiger partial charge is 0.354 e. The maximum atomic E-state index is 13.3. The number of hydrogen-bond acceptors (Lipinski definition) is 4. The lowest BCUT2D eigenvalue weighted by molar-refractivity contribution is -0.117. The van der Waals surface area contributed by atoms with Crippen LogP contribution in [0.2, 0.25) is 0 Å². The van der Waals surface area contributed by atoms with Crippen molar-refractivity contribution in [1.82, 2.24) is 5.32 Å². The molecule has 1 N–H and O–H groups in total. The van der Waals surface area contributed by atoms with Crippen LogP contribution in [0.4, 0.5) is 10.1 Å². The summed E-state index contributed by atoms with van der Waals surface area (Å²) < 4.78 is 13.3. The molecule has 1 saturated heterocycles. The molecule has 2 amide bonds. The average Bonchev–Trinajstić information content (AvgIpc) is 3.00. The Kier molecular flexibility index (Phi) is 5.57. The van der Waals surface area contributed by atoms with Crippen LogP contribution in [0.5, 0.6) is 0 Å². The summed E-state index contributed by atoms with van der Waals surface area (Å²) in [5.74, 6) is -1.25. The fraction of sp³-hybridized carbons (Fsp3) is 0.150. The predicted octanol–water partition coefficient (Wildman–Crippen LogP) is 3.00. The van der Waals surface area contributed by atoms with E-state index in [1.807, 2.05) is 36.4 Å². The van der Waals surface area contributed by atoms with Crippen LogP contribution >= 0.6 is 11.8 Å². The second-order valence-corrected chi connectivity index (χ2v) is 7.01. The van der Waals surface area contributed by atoms with E-state index in [0.717, 1.165) is 5.56 Å². The van der Waals surface area contributed by atoms with Crippen molar-refractivity contribution < 1.29 is 14.0 Å². The van der Waals surface area contributed by atoms with Crippen molar-refractivity contribution in [3.63, 3.8) is 0 Å². The first kappa shape index (κ1) is 18.7. The highest BCUT2D eigenvalue weighted by Crippen LogP contribution is 2.41. The number of thioether (sulfide) groups is 1. The van der Waals surface area contributed by atoms with Crippen LogP contribution in [0.1, 0.15) is 5.56 Å². The summed E-state index contributed by atoms with van der Waals surface area (Å²) in [7, 11) is 1.42. The Morgan fingerprint density at radius 1 is 1.22 bits per heavy atom. The zero-order valence-corrected chi connectivity index (χ0v) is 15.3. The third-order valence-corrected chi connectivity index (χ3v) is 5.34. The van der Waals surface area contributed by atoms with E-state index in [9.17, 15) is 19.2 Å². The molecular weight excluding hydrogens is 365 g/mol. The van der Waals surface area contributed by atoms with Crippen LogP contribution in [-0.2, 0) is 16.0 Å². The molecule has 1 atom stereocenters. The summed E-state index contributed by atoms with van der Waals surface area (Å²) in [6.45, 7) is 0. The molecule has 1 heterocycles. The first-order valence-electron chi connectivity index (χ1n) is 8.21. The summed E-state index contributed by atoms with van der Waals surface area (Å²) in [5, 5.41) is 11.7. The van der Waals surface area contributed by atoms with E-state index >= 15 is 0 Å². The molecule has 0 unspecified atom stereocenters. The highest BCUT2D eigenvalue weighted by molar-refractivity contribution is 8.05. The first-order valence-corrected chi connectivity index (χ1v) is 9.09. The Labute approximate surface area is 160 Å². The quantitative estimate of drug-likeness (QED) is 0.653. The van der Waals surface area contributed by atoms with Crippen molar-refractivity contribution in [2.75, 3.05) is 11.9 Å². The lowest BCUT2D eigenvalue weighted by Gasteiger charge is -2.18. The Hall–Kier alpha value is -3.11. The van der Waals surface area contributed by atoms with Gasteiger partial charge in [-0.1, -0.05) is 42.1 Å². The van der Waals surface area contributed by atoms with E-state index in [0.29, 0.717) is 12.1 Å². The van der Waals surface area contributed by atoms with E-state index in [1.165, 1.54) is 48.0 Å². The number of amides is 2. The number of halogens is 1. The number of nitrogens with zero attached hydrogens (tertiary/aromatic N) is 2. The van der Waals surface area contributed by atoms with Crippen molar-refractivity contribution in [3.8, 4) is 6.07 Å². The number of carbonyl (C=O) groups is 2. The molecule has 2 aromatic carbocycles. The molecule has 1 aliphatic heterocycles. The van der Waals surface area contributed by atoms with E-state index in [1.54, 1.807) is 0 Å². The van der Waals surface area contributed by atoms with E-state index in [2.05, 4.69) is 5.32 Å². The van der Waals surface area contributed by atoms with Gasteiger partial charge < -0.3 is 5.32 Å². The second kappa shape index (κ2) is 8.06. The van der Waals surface area contributed by atoms with Gasteiger partial charge >= 0.3 is 0 Å². The van der Waals surface area contributed by atoms with Gasteiger partial charge in [0.2, 0.25) is 5.91 Å². The summed E-state index contributed by atoms with van der Waals surface area (Å²) in [4.78, 5) is 26.5. The van der Waals surface area contributed by atoms with Gasteiger partial charge in [-0.05, 0) is 36.2 Å². The standard InChI is InChI=1S/C20H16FN3O2S/c1-23-18(25)16(12-22)20-24(15-9-7-14(21)8-10-15)19(26)17(27-20)11-13-5-3-2-4-6-13/h2-10,17H,11H2,1H3,(H,23,25)/b20-16+/t17-/m0/s1. The molecule has 0 aliphatic carbocycles. The maximum absolute atomic E-state index is 13.3. The molecule has 2 aromatic rings. The second-order valence-electron chi connectivity index (χ2n) is 5.82. The van der Waals surface area contributed by atoms with Crippen LogP contribution in [-0.4, -0.2) is 24.1 Å². The fourth-order valence-electron chi connectivity index (χ4n) is 2.77. The number of likely N-dealkylation sites (N-methyl/N-ethyl adjacent to an activating group) is 1. The zero-order chi connectivity index (χ0) is 19.4. The van der Waals surface area contributed by atoms with Crippen molar-refractivity contribution in [1.29, 1.82) is 5.26 Å². The van der Waals surface area contributed by atoms with Gasteiger partial charge in [0, 0.05) is 12.7 Å². The molecule has 136 valence electrons. The summed E-state index contributed by atoms with van der Waals surface area (Å²) >= 11 is 1.18. The number of nitrogens with one attached hydrogen (secondary N) is 1. The van der Waals surface area contributed by atoms with Crippen molar-refractivity contribution in [2.24, 2.45) is 0 Å². The molecule has 1 fully saturated rings. The van der Waals surface area contributed by atoms with Crippen molar-refractivity contribution >= 4 is 29.3 Å². The van der Waals surface area contributed by atoms with E-state index in [4.69, 9.17) is 0 Å². The molecule has 0 spiro atoms. The SMILES string of the molecule is CNC(=O)/C(C#N)=C1/S[C@@H](Cc2ccccc2)C(=O)N1c1ccc(F)cc1. The minimum atomic E-state index is -0.569. The molecule has 0 saturated carbocycles. The third-order valence-electron chi connectivity index (χ3n) is 4.08. The Morgan fingerprint density at radius 2 is 1.89 bits per heavy atom. The van der Waals surface area contributed by atoms with E-state index in [-0.39, 0.29) is 16.5 Å². The lowest BCUT2D eigenvalue weighted by Crippen LogP contribution is -2.31. The average molecular weight is 381 g/mol. The number of hydrogen-bond donors (Lipinski definition) is 1. The van der Waals surface area contributed by atoms with Gasteiger partial charge in [-0.2, -0.15) is 5.26 Å². The fourth-order valence-corrected chi connectivity index (χ4v) is 4.07. The number of rotatable bonds is 4. The molecule has 1 aliphatic rings. The van der Waals surface area contributed by atoms with Gasteiger partial charge in [0.05, 0.1) is 5.25 Å². The minimum absolute atomic E-state index is 0.143.